The van der Waals surface area contributed by atoms with Gasteiger partial charge in [0.05, 0.1) is 17.5 Å². The number of phenolic OH excluding ortho intramolecular Hbond substituents is 1. The van der Waals surface area contributed by atoms with Crippen molar-refractivity contribution in [2.75, 3.05) is 11.0 Å². The summed E-state index contributed by atoms with van der Waals surface area (Å²) in [6, 6.07) is 11.1. The molecule has 0 saturated heterocycles. The molecule has 6 nitrogen and oxygen atoms in total. The molecule has 0 spiro atoms. The number of rotatable bonds is 5. The molecule has 0 saturated carbocycles. The summed E-state index contributed by atoms with van der Waals surface area (Å²) >= 11 is 0. The highest BCUT2D eigenvalue weighted by molar-refractivity contribution is 7.92. The Kier molecular flexibility index (Phi) is 4.37. The number of aromatic hydroxyl groups is 1. The molecule has 0 unspecified atom stereocenters. The van der Waals surface area contributed by atoms with E-state index in [4.69, 9.17) is 4.74 Å². The first-order valence-corrected chi connectivity index (χ1v) is 8.24. The van der Waals surface area contributed by atoms with Crippen molar-refractivity contribution >= 4 is 21.5 Å². The second kappa shape index (κ2) is 6.07. The molecule has 0 radical (unpaired) electrons. The van der Waals surface area contributed by atoms with Crippen LogP contribution in [0, 0.1) is 0 Å². The van der Waals surface area contributed by atoms with Gasteiger partial charge in [0, 0.05) is 6.07 Å². The molecule has 0 heterocycles. The van der Waals surface area contributed by atoms with Crippen LogP contribution in [0.15, 0.2) is 42.5 Å². The molecule has 0 aliphatic carbocycles. The number of hydrogen-bond acceptors (Lipinski definition) is 5. The maximum Gasteiger partial charge on any atom is 0.229 e. The molecule has 0 aromatic heterocycles. The largest absolute Gasteiger partial charge is 0.507 e. The number of benzene rings is 2. The second-order valence-electron chi connectivity index (χ2n) is 4.71. The third-order valence-corrected chi connectivity index (χ3v) is 3.33. The molecule has 7 heteroatoms. The van der Waals surface area contributed by atoms with Gasteiger partial charge < -0.3 is 9.84 Å². The van der Waals surface area contributed by atoms with E-state index in [9.17, 15) is 18.3 Å². The lowest BCUT2D eigenvalue weighted by atomic mass is 10.1. The van der Waals surface area contributed by atoms with Crippen molar-refractivity contribution in [3.05, 3.63) is 48.0 Å². The van der Waals surface area contributed by atoms with Crippen LogP contribution in [0.2, 0.25) is 0 Å². The minimum atomic E-state index is -3.57. The molecular weight excluding hydrogens is 306 g/mol. The van der Waals surface area contributed by atoms with E-state index in [0.717, 1.165) is 12.3 Å². The summed E-state index contributed by atoms with van der Waals surface area (Å²) < 4.78 is 30.7. The van der Waals surface area contributed by atoms with Crippen molar-refractivity contribution in [2.24, 2.45) is 0 Å². The predicted octanol–water partition coefficient (Wildman–Crippen LogP) is 2.76. The Balaban J connectivity index is 2.51. The Hall–Kier alpha value is -2.54. The monoisotopic (exact) mass is 321 g/mol. The number of Topliss-reactive ketones (excluding diaryl/α,β-unsaturated/α-hetero) is 1. The molecule has 0 aliphatic rings. The van der Waals surface area contributed by atoms with Crippen LogP contribution in [-0.2, 0) is 10.0 Å². The van der Waals surface area contributed by atoms with E-state index in [0.29, 0.717) is 5.75 Å². The quantitative estimate of drug-likeness (QED) is 0.826. The summed E-state index contributed by atoms with van der Waals surface area (Å²) in [6.07, 6.45) is 0.981. The van der Waals surface area contributed by atoms with Crippen LogP contribution >= 0.6 is 0 Å². The van der Waals surface area contributed by atoms with Gasteiger partial charge in [-0.05, 0) is 25.1 Å². The highest BCUT2D eigenvalue weighted by Crippen LogP contribution is 2.36. The van der Waals surface area contributed by atoms with E-state index < -0.39 is 10.0 Å². The lowest BCUT2D eigenvalue weighted by Crippen LogP contribution is -2.11. The number of ketones is 1. The summed E-state index contributed by atoms with van der Waals surface area (Å²) in [7, 11) is -3.57. The van der Waals surface area contributed by atoms with Crippen LogP contribution < -0.4 is 9.46 Å². The van der Waals surface area contributed by atoms with Gasteiger partial charge in [-0.1, -0.05) is 18.2 Å². The predicted molar refractivity (Wildman–Crippen MR) is 83.1 cm³/mol. The van der Waals surface area contributed by atoms with E-state index in [-0.39, 0.29) is 28.5 Å². The summed E-state index contributed by atoms with van der Waals surface area (Å²) in [4.78, 5) is 11.5. The number of carbonyl (C=O) groups is 1. The highest BCUT2D eigenvalue weighted by atomic mass is 32.2. The smallest absolute Gasteiger partial charge is 0.229 e. The fourth-order valence-corrected chi connectivity index (χ4v) is 2.39. The van der Waals surface area contributed by atoms with Crippen molar-refractivity contribution in [1.82, 2.24) is 0 Å². The lowest BCUT2D eigenvalue weighted by molar-refractivity contribution is 0.101. The van der Waals surface area contributed by atoms with E-state index >= 15 is 0 Å². The van der Waals surface area contributed by atoms with Gasteiger partial charge in [-0.15, -0.1) is 0 Å². The zero-order valence-corrected chi connectivity index (χ0v) is 12.8. The standard InChI is InChI=1S/C15H15NO5S/c1-10(17)12-8-15(21-11-6-4-3-5-7-11)13(9-14(12)18)16-22(2,19)20/h3-9,16,18H,1-2H3. The topological polar surface area (TPSA) is 92.7 Å². The highest BCUT2D eigenvalue weighted by Gasteiger charge is 2.16. The Morgan fingerprint density at radius 2 is 1.82 bits per heavy atom. The van der Waals surface area contributed by atoms with Gasteiger partial charge in [0.15, 0.2) is 11.5 Å². The lowest BCUT2D eigenvalue weighted by Gasteiger charge is -2.14. The minimum Gasteiger partial charge on any atom is -0.507 e. The molecule has 0 fully saturated rings. The van der Waals surface area contributed by atoms with Crippen molar-refractivity contribution in [1.29, 1.82) is 0 Å². The first kappa shape index (κ1) is 15.8. The van der Waals surface area contributed by atoms with Crippen LogP contribution in [0.4, 0.5) is 5.69 Å². The van der Waals surface area contributed by atoms with Gasteiger partial charge in [-0.25, -0.2) is 8.42 Å². The van der Waals surface area contributed by atoms with E-state index in [2.05, 4.69) is 4.72 Å². The number of nitrogens with one attached hydrogen (secondary N) is 1. The SMILES string of the molecule is CC(=O)c1cc(Oc2ccccc2)c(NS(C)(=O)=O)cc1O. The number of para-hydroxylation sites is 1. The third kappa shape index (κ3) is 3.98. The summed E-state index contributed by atoms with van der Waals surface area (Å²) in [6.45, 7) is 1.30. The zero-order valence-electron chi connectivity index (χ0n) is 12.0. The number of anilines is 1. The maximum absolute atomic E-state index is 11.5. The van der Waals surface area contributed by atoms with Crippen molar-refractivity contribution < 1.29 is 23.1 Å². The number of ether oxygens (including phenoxy) is 1. The maximum atomic E-state index is 11.5. The van der Waals surface area contributed by atoms with Crippen molar-refractivity contribution in [3.8, 4) is 17.2 Å². The number of phenols is 1. The van der Waals surface area contributed by atoms with Gasteiger partial charge in [0.2, 0.25) is 10.0 Å². The van der Waals surface area contributed by atoms with Gasteiger partial charge in [-0.3, -0.25) is 9.52 Å². The van der Waals surface area contributed by atoms with Crippen LogP contribution in [0.1, 0.15) is 17.3 Å². The van der Waals surface area contributed by atoms with Gasteiger partial charge in [-0.2, -0.15) is 0 Å². The van der Waals surface area contributed by atoms with Gasteiger partial charge in [0.25, 0.3) is 0 Å². The third-order valence-electron chi connectivity index (χ3n) is 2.74. The molecule has 116 valence electrons. The van der Waals surface area contributed by atoms with Crippen LogP contribution in [0.3, 0.4) is 0 Å². The molecule has 2 aromatic carbocycles. The molecule has 2 rings (SSSR count). The van der Waals surface area contributed by atoms with E-state index in [1.54, 1.807) is 30.3 Å². The average Bonchev–Trinajstić information content (AvgIpc) is 2.40. The number of carbonyl (C=O) groups excluding carboxylic acids is 1. The van der Waals surface area contributed by atoms with E-state index in [1.807, 2.05) is 0 Å². The molecule has 0 aliphatic heterocycles. The van der Waals surface area contributed by atoms with Crippen LogP contribution in [0.5, 0.6) is 17.2 Å². The van der Waals surface area contributed by atoms with Crippen molar-refractivity contribution in [3.63, 3.8) is 0 Å². The second-order valence-corrected chi connectivity index (χ2v) is 6.46. The summed E-state index contributed by atoms with van der Waals surface area (Å²) in [5, 5.41) is 9.84. The molecular formula is C15H15NO5S. The first-order valence-electron chi connectivity index (χ1n) is 6.35. The molecule has 2 N–H and O–H groups in total. The Labute approximate surface area is 128 Å². The summed E-state index contributed by atoms with van der Waals surface area (Å²) in [5.74, 6) is -0.0840. The number of sulfonamides is 1. The summed E-state index contributed by atoms with van der Waals surface area (Å²) in [5.41, 5.74) is 0.0961. The number of hydrogen-bond donors (Lipinski definition) is 2. The average molecular weight is 321 g/mol. The van der Waals surface area contributed by atoms with Gasteiger partial charge >= 0.3 is 0 Å². The van der Waals surface area contributed by atoms with Crippen LogP contribution in [-0.4, -0.2) is 25.6 Å². The Bertz CT molecular complexity index is 800. The van der Waals surface area contributed by atoms with Crippen molar-refractivity contribution in [2.45, 2.75) is 6.92 Å². The minimum absolute atomic E-state index is 0.0463. The Morgan fingerprint density at radius 1 is 1.18 bits per heavy atom. The molecule has 0 amide bonds. The molecule has 22 heavy (non-hydrogen) atoms. The Morgan fingerprint density at radius 3 is 2.36 bits per heavy atom. The fourth-order valence-electron chi connectivity index (χ4n) is 1.83. The fraction of sp³-hybridized carbons (Fsp3) is 0.133. The molecule has 0 atom stereocenters. The van der Waals surface area contributed by atoms with Crippen LogP contribution in [0.25, 0.3) is 0 Å². The van der Waals surface area contributed by atoms with E-state index in [1.165, 1.54) is 13.0 Å². The van der Waals surface area contributed by atoms with Gasteiger partial charge in [0.1, 0.15) is 11.5 Å². The first-order chi connectivity index (χ1) is 10.3. The normalized spacial score (nSPS) is 11.0. The molecule has 2 aromatic rings. The zero-order chi connectivity index (χ0) is 16.3. The molecule has 0 bridgehead atoms.